The van der Waals surface area contributed by atoms with Gasteiger partial charge >= 0.3 is 0 Å². The van der Waals surface area contributed by atoms with Gasteiger partial charge in [0, 0.05) is 17.3 Å². The van der Waals surface area contributed by atoms with E-state index in [9.17, 15) is 4.79 Å². The number of fused-ring (bicyclic) bond motifs is 2. The monoisotopic (exact) mass is 318 g/mol. The first-order valence-electron chi connectivity index (χ1n) is 8.75. The van der Waals surface area contributed by atoms with Crippen LogP contribution in [0.2, 0.25) is 0 Å². The van der Waals surface area contributed by atoms with Crippen molar-refractivity contribution in [3.63, 3.8) is 0 Å². The quantitative estimate of drug-likeness (QED) is 0.817. The Kier molecular flexibility index (Phi) is 4.03. The number of carbonyl (C=O) groups excluding carboxylic acids is 1. The highest BCUT2D eigenvalue weighted by Crippen LogP contribution is 2.37. The minimum atomic E-state index is 0.133. The number of aryl methyl sites for hydroxylation is 2. The first kappa shape index (κ1) is 15.3. The largest absolute Gasteiger partial charge is 0.316 e. The number of Topliss-reactive ketones (excluding diaryl/α,β-unsaturated/α-hetero) is 1. The predicted molar refractivity (Wildman–Crippen MR) is 96.2 cm³/mol. The van der Waals surface area contributed by atoms with Crippen molar-refractivity contribution >= 4 is 11.4 Å². The van der Waals surface area contributed by atoms with E-state index in [0.717, 1.165) is 50.0 Å². The van der Waals surface area contributed by atoms with Crippen molar-refractivity contribution in [3.05, 3.63) is 70.0 Å². The van der Waals surface area contributed by atoms with Crippen molar-refractivity contribution in [2.24, 2.45) is 0 Å². The number of aromatic nitrogens is 1. The number of hydrogen-bond acceptors (Lipinski definition) is 3. The summed E-state index contributed by atoms with van der Waals surface area (Å²) in [4.78, 5) is 16.5. The maximum atomic E-state index is 11.8. The van der Waals surface area contributed by atoms with Crippen LogP contribution in [-0.4, -0.2) is 23.9 Å². The van der Waals surface area contributed by atoms with Crippen LogP contribution >= 0.6 is 0 Å². The lowest BCUT2D eigenvalue weighted by Crippen LogP contribution is -2.24. The summed E-state index contributed by atoms with van der Waals surface area (Å²) in [6.07, 6.45) is 5.98. The molecule has 2 heterocycles. The second-order valence-electron chi connectivity index (χ2n) is 6.67. The molecule has 0 unspecified atom stereocenters. The summed E-state index contributed by atoms with van der Waals surface area (Å²) in [5.74, 6) is 0.133. The first-order valence-corrected chi connectivity index (χ1v) is 8.75. The fourth-order valence-corrected chi connectivity index (χ4v) is 3.86. The predicted octanol–water partition coefficient (Wildman–Crippen LogP) is 3.57. The highest BCUT2D eigenvalue weighted by Gasteiger charge is 2.23. The van der Waals surface area contributed by atoms with Gasteiger partial charge in [-0.25, -0.2) is 0 Å². The Hall–Kier alpha value is -2.26. The van der Waals surface area contributed by atoms with Crippen molar-refractivity contribution < 1.29 is 4.79 Å². The molecule has 2 aromatic rings. The normalized spacial score (nSPS) is 17.0. The number of nitrogens with zero attached hydrogens (tertiary/aromatic N) is 1. The van der Waals surface area contributed by atoms with Crippen molar-refractivity contribution in [1.29, 1.82) is 0 Å². The highest BCUT2D eigenvalue weighted by molar-refractivity contribution is 5.95. The Morgan fingerprint density at radius 3 is 2.62 bits per heavy atom. The molecule has 1 aliphatic carbocycles. The second kappa shape index (κ2) is 6.33. The van der Waals surface area contributed by atoms with Gasteiger partial charge in [-0.15, -0.1) is 0 Å². The van der Waals surface area contributed by atoms with E-state index < -0.39 is 0 Å². The van der Waals surface area contributed by atoms with Gasteiger partial charge in [-0.2, -0.15) is 0 Å². The van der Waals surface area contributed by atoms with Crippen LogP contribution in [-0.2, 0) is 12.8 Å². The number of piperidine rings is 1. The minimum Gasteiger partial charge on any atom is -0.316 e. The molecule has 0 bridgehead atoms. The molecular weight excluding hydrogens is 296 g/mol. The van der Waals surface area contributed by atoms with Crippen molar-refractivity contribution in [2.45, 2.75) is 32.6 Å². The molecule has 0 atom stereocenters. The first-order chi connectivity index (χ1) is 11.7. The van der Waals surface area contributed by atoms with Gasteiger partial charge < -0.3 is 5.32 Å². The molecule has 24 heavy (non-hydrogen) atoms. The molecule has 1 aromatic heterocycles. The Bertz CT molecular complexity index is 827. The average Bonchev–Trinajstić information content (AvgIpc) is 2.78. The van der Waals surface area contributed by atoms with Gasteiger partial charge in [0.25, 0.3) is 0 Å². The van der Waals surface area contributed by atoms with Crippen LogP contribution in [0.25, 0.3) is 5.57 Å². The van der Waals surface area contributed by atoms with Crippen LogP contribution in [0, 0.1) is 0 Å². The zero-order chi connectivity index (χ0) is 16.5. The lowest BCUT2D eigenvalue weighted by molar-refractivity contribution is 0.101. The molecule has 1 aliphatic heterocycles. The molecule has 0 radical (unpaired) electrons. The lowest BCUT2D eigenvalue weighted by Gasteiger charge is -2.22. The van der Waals surface area contributed by atoms with E-state index in [1.807, 2.05) is 18.3 Å². The van der Waals surface area contributed by atoms with Gasteiger partial charge in [0.1, 0.15) is 0 Å². The number of pyridine rings is 1. The fraction of sp³-hybridized carbons (Fsp3) is 0.333. The Morgan fingerprint density at radius 2 is 1.83 bits per heavy atom. The summed E-state index contributed by atoms with van der Waals surface area (Å²) in [5, 5.41) is 3.44. The Morgan fingerprint density at radius 1 is 1.04 bits per heavy atom. The molecule has 3 nitrogen and oxygen atoms in total. The van der Waals surface area contributed by atoms with E-state index in [-0.39, 0.29) is 5.78 Å². The fourth-order valence-electron chi connectivity index (χ4n) is 3.86. The van der Waals surface area contributed by atoms with E-state index >= 15 is 0 Å². The SMILES string of the molecule is CC(=O)c1ccc2c(c1)CCc1cccnc1C2=C1CCNCC1. The summed E-state index contributed by atoms with van der Waals surface area (Å²) in [6, 6.07) is 10.4. The summed E-state index contributed by atoms with van der Waals surface area (Å²) < 4.78 is 0. The molecule has 0 saturated carbocycles. The molecule has 1 saturated heterocycles. The van der Waals surface area contributed by atoms with Gasteiger partial charge in [0.2, 0.25) is 0 Å². The van der Waals surface area contributed by atoms with E-state index in [2.05, 4.69) is 23.5 Å². The molecule has 0 spiro atoms. The van der Waals surface area contributed by atoms with Crippen molar-refractivity contribution in [2.75, 3.05) is 13.1 Å². The molecule has 4 rings (SSSR count). The number of nitrogens with one attached hydrogen (secondary N) is 1. The van der Waals surface area contributed by atoms with E-state index in [1.54, 1.807) is 6.92 Å². The average molecular weight is 318 g/mol. The van der Waals surface area contributed by atoms with Crippen LogP contribution in [0.15, 0.2) is 42.1 Å². The summed E-state index contributed by atoms with van der Waals surface area (Å²) >= 11 is 0. The minimum absolute atomic E-state index is 0.133. The van der Waals surface area contributed by atoms with Gasteiger partial charge in [-0.3, -0.25) is 9.78 Å². The zero-order valence-corrected chi connectivity index (χ0v) is 14.1. The molecule has 2 aliphatic rings. The lowest BCUT2D eigenvalue weighted by atomic mass is 9.88. The molecule has 0 amide bonds. The van der Waals surface area contributed by atoms with Crippen LogP contribution in [0.4, 0.5) is 0 Å². The summed E-state index contributed by atoms with van der Waals surface area (Å²) in [6.45, 7) is 3.70. The third-order valence-corrected chi connectivity index (χ3v) is 5.13. The topological polar surface area (TPSA) is 42.0 Å². The Labute approximate surface area is 142 Å². The van der Waals surface area contributed by atoms with E-state index in [1.165, 1.54) is 27.8 Å². The smallest absolute Gasteiger partial charge is 0.159 e. The highest BCUT2D eigenvalue weighted by atomic mass is 16.1. The van der Waals surface area contributed by atoms with Crippen molar-refractivity contribution in [3.8, 4) is 0 Å². The van der Waals surface area contributed by atoms with E-state index in [0.29, 0.717) is 0 Å². The van der Waals surface area contributed by atoms with Crippen LogP contribution in [0.5, 0.6) is 0 Å². The van der Waals surface area contributed by atoms with Crippen LogP contribution in [0.3, 0.4) is 0 Å². The molecule has 1 N–H and O–H groups in total. The standard InChI is InChI=1S/C21H22N2O/c1-14(24)17-6-7-19-18(13-17)5-4-16-3-2-10-23-21(16)20(19)15-8-11-22-12-9-15/h2-3,6-7,10,13,22H,4-5,8-9,11-12H2,1H3. The second-order valence-corrected chi connectivity index (χ2v) is 6.67. The number of benzene rings is 1. The number of carbonyl (C=O) groups is 1. The van der Waals surface area contributed by atoms with Gasteiger partial charge in [0.15, 0.2) is 5.78 Å². The van der Waals surface area contributed by atoms with Crippen LogP contribution < -0.4 is 5.32 Å². The molecule has 3 heteroatoms. The number of ketones is 1. The van der Waals surface area contributed by atoms with Gasteiger partial charge in [-0.05, 0) is 74.5 Å². The molecule has 122 valence electrons. The Balaban J connectivity index is 1.95. The van der Waals surface area contributed by atoms with Crippen molar-refractivity contribution in [1.82, 2.24) is 10.3 Å². The molecular formula is C21H22N2O. The maximum absolute atomic E-state index is 11.8. The number of hydrogen-bond donors (Lipinski definition) is 1. The molecule has 1 aromatic carbocycles. The summed E-state index contributed by atoms with van der Waals surface area (Å²) in [5.41, 5.74) is 8.63. The summed E-state index contributed by atoms with van der Waals surface area (Å²) in [7, 11) is 0. The van der Waals surface area contributed by atoms with Gasteiger partial charge in [0.05, 0.1) is 5.69 Å². The molecule has 1 fully saturated rings. The third kappa shape index (κ3) is 2.69. The zero-order valence-electron chi connectivity index (χ0n) is 14.1. The van der Waals surface area contributed by atoms with Crippen LogP contribution in [0.1, 0.15) is 52.5 Å². The maximum Gasteiger partial charge on any atom is 0.159 e. The van der Waals surface area contributed by atoms with E-state index in [4.69, 9.17) is 4.98 Å². The third-order valence-electron chi connectivity index (χ3n) is 5.13. The van der Waals surface area contributed by atoms with Gasteiger partial charge in [-0.1, -0.05) is 23.8 Å². The number of rotatable bonds is 1.